The Kier molecular flexibility index (Phi) is 8.99. The number of hydrogen-bond acceptors (Lipinski definition) is 2. The van der Waals surface area contributed by atoms with Crippen molar-refractivity contribution in [3.05, 3.63) is 12.2 Å². The summed E-state index contributed by atoms with van der Waals surface area (Å²) in [6.07, 6.45) is 20.7. The molecule has 0 amide bonds. The van der Waals surface area contributed by atoms with Gasteiger partial charge in [-0.1, -0.05) is 70.9 Å². The van der Waals surface area contributed by atoms with Gasteiger partial charge < -0.3 is 10.2 Å². The van der Waals surface area contributed by atoms with Gasteiger partial charge in [-0.25, -0.2) is 0 Å². The van der Waals surface area contributed by atoms with Crippen molar-refractivity contribution >= 4 is 0 Å². The molecule has 0 saturated heterocycles. The summed E-state index contributed by atoms with van der Waals surface area (Å²) in [7, 11) is 0. The third-order valence-electron chi connectivity index (χ3n) is 6.63. The van der Waals surface area contributed by atoms with Crippen LogP contribution in [0.15, 0.2) is 12.2 Å². The van der Waals surface area contributed by atoms with Gasteiger partial charge in [0, 0.05) is 5.92 Å². The standard InChI is InChI=1S/C23H42O2/c1-3-5-7-8-9-11-19-13-16-22(24)21(19)12-10-18-23(25,17-6-4-2)20-14-15-20/h10,12,19-22,24-25H,3-9,11,13-18H2,1-2H3/b12-10+/t19-,21+,22+,23-/m0/s1. The van der Waals surface area contributed by atoms with Gasteiger partial charge in [0.2, 0.25) is 0 Å². The molecule has 2 aliphatic carbocycles. The Morgan fingerprint density at radius 1 is 0.920 bits per heavy atom. The molecule has 0 heterocycles. The maximum atomic E-state index is 11.0. The van der Waals surface area contributed by atoms with Crippen molar-refractivity contribution in [3.8, 4) is 0 Å². The molecule has 2 rings (SSSR count). The average molecular weight is 351 g/mol. The van der Waals surface area contributed by atoms with Crippen LogP contribution in [0.1, 0.15) is 104 Å². The first-order valence-electron chi connectivity index (χ1n) is 11.2. The molecule has 0 spiro atoms. The highest BCUT2D eigenvalue weighted by Gasteiger charge is 2.42. The van der Waals surface area contributed by atoms with Gasteiger partial charge in [0.1, 0.15) is 0 Å². The van der Waals surface area contributed by atoms with E-state index in [9.17, 15) is 10.2 Å². The predicted octanol–water partition coefficient (Wildman–Crippen LogP) is 6.01. The zero-order valence-corrected chi connectivity index (χ0v) is 16.8. The van der Waals surface area contributed by atoms with Crippen molar-refractivity contribution < 1.29 is 10.2 Å². The molecule has 0 aromatic carbocycles. The Labute approximate surface area is 156 Å². The second kappa shape index (κ2) is 10.7. The Balaban J connectivity index is 1.79. The summed E-state index contributed by atoms with van der Waals surface area (Å²) in [6.45, 7) is 4.46. The van der Waals surface area contributed by atoms with Crippen molar-refractivity contribution in [2.24, 2.45) is 17.8 Å². The fourth-order valence-electron chi connectivity index (χ4n) is 4.72. The van der Waals surface area contributed by atoms with Crippen molar-refractivity contribution in [1.82, 2.24) is 0 Å². The van der Waals surface area contributed by atoms with E-state index in [1.807, 2.05) is 0 Å². The van der Waals surface area contributed by atoms with E-state index >= 15 is 0 Å². The number of rotatable bonds is 13. The van der Waals surface area contributed by atoms with E-state index in [2.05, 4.69) is 26.0 Å². The molecular weight excluding hydrogens is 308 g/mol. The summed E-state index contributed by atoms with van der Waals surface area (Å²) >= 11 is 0. The highest BCUT2D eigenvalue weighted by Crippen LogP contribution is 2.45. The van der Waals surface area contributed by atoms with Crippen LogP contribution in [0.3, 0.4) is 0 Å². The normalized spacial score (nSPS) is 29.4. The Morgan fingerprint density at radius 2 is 1.64 bits per heavy atom. The fourth-order valence-corrected chi connectivity index (χ4v) is 4.72. The summed E-state index contributed by atoms with van der Waals surface area (Å²) in [5.74, 6) is 1.49. The van der Waals surface area contributed by atoms with E-state index in [4.69, 9.17) is 0 Å². The van der Waals surface area contributed by atoms with Crippen LogP contribution >= 0.6 is 0 Å². The number of aliphatic hydroxyl groups excluding tert-OH is 1. The molecule has 0 aromatic rings. The van der Waals surface area contributed by atoms with Crippen LogP contribution in [0, 0.1) is 17.8 Å². The maximum absolute atomic E-state index is 11.0. The van der Waals surface area contributed by atoms with Gasteiger partial charge in [-0.3, -0.25) is 0 Å². The monoisotopic (exact) mass is 350 g/mol. The maximum Gasteiger partial charge on any atom is 0.0710 e. The van der Waals surface area contributed by atoms with Crippen LogP contribution in [0.2, 0.25) is 0 Å². The molecule has 146 valence electrons. The average Bonchev–Trinajstić information content (AvgIpc) is 3.40. The third kappa shape index (κ3) is 6.71. The molecule has 0 bridgehead atoms. The number of aliphatic hydroxyl groups is 2. The van der Waals surface area contributed by atoms with E-state index < -0.39 is 5.60 Å². The van der Waals surface area contributed by atoms with Crippen molar-refractivity contribution in [2.75, 3.05) is 0 Å². The lowest BCUT2D eigenvalue weighted by molar-refractivity contribution is 0.00951. The largest absolute Gasteiger partial charge is 0.393 e. The molecule has 4 atom stereocenters. The lowest BCUT2D eigenvalue weighted by Crippen LogP contribution is -2.30. The minimum absolute atomic E-state index is 0.165. The SMILES string of the molecule is CCCCCCC[C@H]1CC[C@@H](O)[C@@H]1/C=C/C[C@@](O)(CCCC)C1CC1. The molecule has 2 saturated carbocycles. The number of hydrogen-bond donors (Lipinski definition) is 2. The van der Waals surface area contributed by atoms with Crippen LogP contribution < -0.4 is 0 Å². The molecule has 2 heteroatoms. The fraction of sp³-hybridized carbons (Fsp3) is 0.913. The summed E-state index contributed by atoms with van der Waals surface area (Å²) in [5, 5.41) is 21.4. The van der Waals surface area contributed by atoms with E-state index in [0.717, 1.165) is 32.1 Å². The second-order valence-electron chi connectivity index (χ2n) is 8.80. The molecule has 2 N–H and O–H groups in total. The van der Waals surface area contributed by atoms with Crippen LogP contribution in [0.25, 0.3) is 0 Å². The van der Waals surface area contributed by atoms with Crippen molar-refractivity contribution in [1.29, 1.82) is 0 Å². The first kappa shape index (κ1) is 21.0. The molecule has 0 aromatic heterocycles. The molecule has 2 aliphatic rings. The third-order valence-corrected chi connectivity index (χ3v) is 6.63. The highest BCUT2D eigenvalue weighted by atomic mass is 16.3. The lowest BCUT2D eigenvalue weighted by Gasteiger charge is -2.27. The molecule has 2 nitrogen and oxygen atoms in total. The topological polar surface area (TPSA) is 40.5 Å². The van der Waals surface area contributed by atoms with Gasteiger partial charge in [0.15, 0.2) is 0 Å². The molecule has 2 fully saturated rings. The molecule has 0 unspecified atom stereocenters. The van der Waals surface area contributed by atoms with Gasteiger partial charge in [-0.2, -0.15) is 0 Å². The van der Waals surface area contributed by atoms with E-state index in [1.165, 1.54) is 57.8 Å². The van der Waals surface area contributed by atoms with Crippen LogP contribution in [0.4, 0.5) is 0 Å². The predicted molar refractivity (Wildman–Crippen MR) is 107 cm³/mol. The zero-order chi connectivity index (χ0) is 18.1. The van der Waals surface area contributed by atoms with Crippen molar-refractivity contribution in [2.45, 2.75) is 115 Å². The Hall–Kier alpha value is -0.340. The van der Waals surface area contributed by atoms with Crippen LogP contribution in [0.5, 0.6) is 0 Å². The van der Waals surface area contributed by atoms with Gasteiger partial charge in [0.05, 0.1) is 11.7 Å². The van der Waals surface area contributed by atoms with Crippen LogP contribution in [-0.4, -0.2) is 21.9 Å². The Morgan fingerprint density at radius 3 is 2.32 bits per heavy atom. The molecule has 0 aliphatic heterocycles. The highest BCUT2D eigenvalue weighted by molar-refractivity contribution is 5.04. The molecular formula is C23H42O2. The minimum atomic E-state index is -0.480. The first-order valence-corrected chi connectivity index (χ1v) is 11.2. The first-order chi connectivity index (χ1) is 12.1. The van der Waals surface area contributed by atoms with E-state index in [0.29, 0.717) is 17.8 Å². The quantitative estimate of drug-likeness (QED) is 0.315. The van der Waals surface area contributed by atoms with Crippen LogP contribution in [-0.2, 0) is 0 Å². The smallest absolute Gasteiger partial charge is 0.0710 e. The minimum Gasteiger partial charge on any atom is -0.393 e. The number of unbranched alkanes of at least 4 members (excludes halogenated alkanes) is 5. The summed E-state index contributed by atoms with van der Waals surface area (Å²) < 4.78 is 0. The summed E-state index contributed by atoms with van der Waals surface area (Å²) in [5.41, 5.74) is -0.480. The second-order valence-corrected chi connectivity index (χ2v) is 8.80. The van der Waals surface area contributed by atoms with Gasteiger partial charge in [-0.15, -0.1) is 0 Å². The van der Waals surface area contributed by atoms with E-state index in [-0.39, 0.29) is 6.10 Å². The Bertz CT molecular complexity index is 388. The van der Waals surface area contributed by atoms with Gasteiger partial charge >= 0.3 is 0 Å². The zero-order valence-electron chi connectivity index (χ0n) is 16.8. The van der Waals surface area contributed by atoms with Gasteiger partial charge in [-0.05, 0) is 56.8 Å². The summed E-state index contributed by atoms with van der Waals surface area (Å²) in [4.78, 5) is 0. The molecule has 0 radical (unpaired) electrons. The summed E-state index contributed by atoms with van der Waals surface area (Å²) in [6, 6.07) is 0. The van der Waals surface area contributed by atoms with Crippen molar-refractivity contribution in [3.63, 3.8) is 0 Å². The van der Waals surface area contributed by atoms with Gasteiger partial charge in [0.25, 0.3) is 0 Å². The lowest BCUT2D eigenvalue weighted by atomic mass is 9.85. The van der Waals surface area contributed by atoms with E-state index in [1.54, 1.807) is 0 Å². The molecule has 25 heavy (non-hydrogen) atoms.